The molecule has 1 saturated carbocycles. The molecule has 4 aromatic carbocycles. The third kappa shape index (κ3) is 8.73. The predicted octanol–water partition coefficient (Wildman–Crippen LogP) is 6.77. The highest BCUT2D eigenvalue weighted by Gasteiger charge is 2.35. The highest BCUT2D eigenvalue weighted by Crippen LogP contribution is 2.32. The van der Waals surface area contributed by atoms with Crippen LogP contribution in [0, 0.1) is 5.82 Å². The molecule has 4 aromatic rings. The molecule has 8 nitrogen and oxygen atoms in total. The number of anilines is 1. The van der Waals surface area contributed by atoms with Gasteiger partial charge < -0.3 is 15.0 Å². The zero-order chi connectivity index (χ0) is 34.1. The van der Waals surface area contributed by atoms with Crippen LogP contribution in [0.15, 0.2) is 108 Å². The molecule has 0 spiro atoms. The zero-order valence-electron chi connectivity index (χ0n) is 26.7. The Morgan fingerprint density at radius 1 is 0.896 bits per heavy atom. The van der Waals surface area contributed by atoms with Crippen molar-refractivity contribution < 1.29 is 27.1 Å². The van der Waals surface area contributed by atoms with Crippen LogP contribution in [-0.4, -0.2) is 50.9 Å². The van der Waals surface area contributed by atoms with Crippen LogP contribution < -0.4 is 14.4 Å². The second-order valence-corrected chi connectivity index (χ2v) is 14.1. The Kier molecular flexibility index (Phi) is 11.7. The van der Waals surface area contributed by atoms with Crippen molar-refractivity contribution in [2.45, 2.75) is 62.0 Å². The average molecular weight is 692 g/mol. The summed E-state index contributed by atoms with van der Waals surface area (Å²) in [6.07, 6.45) is 4.99. The number of halogens is 2. The molecule has 0 aliphatic heterocycles. The van der Waals surface area contributed by atoms with Crippen LogP contribution >= 0.6 is 11.6 Å². The van der Waals surface area contributed by atoms with Gasteiger partial charge in [-0.05, 0) is 66.4 Å². The lowest BCUT2D eigenvalue weighted by molar-refractivity contribution is -0.140. The Morgan fingerprint density at radius 2 is 1.54 bits per heavy atom. The molecule has 252 valence electrons. The fraction of sp³-hybridized carbons (Fsp3) is 0.297. The van der Waals surface area contributed by atoms with Crippen LogP contribution in [0.25, 0.3) is 0 Å². The topological polar surface area (TPSA) is 96.0 Å². The molecular weight excluding hydrogens is 653 g/mol. The van der Waals surface area contributed by atoms with Crippen molar-refractivity contribution in [1.29, 1.82) is 0 Å². The molecule has 1 aliphatic carbocycles. The smallest absolute Gasteiger partial charge is 0.264 e. The molecule has 0 aromatic heterocycles. The highest BCUT2D eigenvalue weighted by atomic mass is 35.5. The highest BCUT2D eigenvalue weighted by molar-refractivity contribution is 7.92. The van der Waals surface area contributed by atoms with Crippen molar-refractivity contribution in [3.8, 4) is 5.75 Å². The Labute approximate surface area is 286 Å². The molecule has 0 saturated heterocycles. The van der Waals surface area contributed by atoms with Crippen molar-refractivity contribution in [3.63, 3.8) is 0 Å². The van der Waals surface area contributed by atoms with Gasteiger partial charge in [0, 0.05) is 19.0 Å². The number of methoxy groups -OCH3 is 1. The Balaban J connectivity index is 1.57. The number of rotatable bonds is 13. The minimum absolute atomic E-state index is 0.0225. The number of amides is 2. The molecule has 1 N–H and O–H groups in total. The molecule has 0 unspecified atom stereocenters. The third-order valence-corrected chi connectivity index (χ3v) is 10.6. The lowest BCUT2D eigenvalue weighted by Crippen LogP contribution is -2.55. The first-order valence-corrected chi connectivity index (χ1v) is 17.8. The van der Waals surface area contributed by atoms with E-state index < -0.39 is 34.3 Å². The van der Waals surface area contributed by atoms with Gasteiger partial charge in [0.2, 0.25) is 11.8 Å². The van der Waals surface area contributed by atoms with E-state index >= 15 is 0 Å². The van der Waals surface area contributed by atoms with E-state index in [2.05, 4.69) is 5.32 Å². The zero-order valence-corrected chi connectivity index (χ0v) is 28.3. The fourth-order valence-electron chi connectivity index (χ4n) is 5.94. The first-order valence-electron chi connectivity index (χ1n) is 16.0. The first-order chi connectivity index (χ1) is 23.2. The standard InChI is InChI=1S/C37H39ClFN3O5S/c1-47-35-22-21-31(24-33(35)38)42(48(45,46)32-15-9-4-10-16-32)26-36(43)41(25-28-17-19-29(39)20-18-28)34(23-27-11-5-2-6-12-27)37(44)40-30-13-7-3-8-14-30/h2,4-6,9-12,15-22,24,30,34H,3,7-8,13-14,23,25-26H2,1H3,(H,40,44)/t34-/m1/s1. The largest absolute Gasteiger partial charge is 0.495 e. The fourth-order valence-corrected chi connectivity index (χ4v) is 7.62. The molecule has 0 radical (unpaired) electrons. The van der Waals surface area contributed by atoms with E-state index in [-0.39, 0.29) is 40.5 Å². The molecule has 1 atom stereocenters. The normalized spacial score (nSPS) is 14.1. The van der Waals surface area contributed by atoms with Crippen LogP contribution in [0.3, 0.4) is 0 Å². The molecule has 11 heteroatoms. The van der Waals surface area contributed by atoms with Gasteiger partial charge in [0.1, 0.15) is 24.2 Å². The van der Waals surface area contributed by atoms with Crippen molar-refractivity contribution >= 4 is 39.1 Å². The van der Waals surface area contributed by atoms with Gasteiger partial charge in [0.05, 0.1) is 22.7 Å². The van der Waals surface area contributed by atoms with E-state index in [1.807, 2.05) is 30.3 Å². The summed E-state index contributed by atoms with van der Waals surface area (Å²) < 4.78 is 48.5. The van der Waals surface area contributed by atoms with Gasteiger partial charge in [0.15, 0.2) is 0 Å². The lowest BCUT2D eigenvalue weighted by atomic mass is 9.94. The van der Waals surface area contributed by atoms with E-state index in [1.54, 1.807) is 30.3 Å². The van der Waals surface area contributed by atoms with Crippen molar-refractivity contribution in [1.82, 2.24) is 10.2 Å². The molecule has 48 heavy (non-hydrogen) atoms. The summed E-state index contributed by atoms with van der Waals surface area (Å²) in [6, 6.07) is 26.3. The number of benzene rings is 4. The monoisotopic (exact) mass is 691 g/mol. The van der Waals surface area contributed by atoms with Crippen molar-refractivity contribution in [2.24, 2.45) is 0 Å². The maximum absolute atomic E-state index is 14.6. The first kappa shape index (κ1) is 34.9. The molecule has 0 heterocycles. The van der Waals surface area contributed by atoms with Gasteiger partial charge in [0.25, 0.3) is 10.0 Å². The van der Waals surface area contributed by atoms with E-state index in [0.29, 0.717) is 11.3 Å². The molecule has 0 bridgehead atoms. The Bertz CT molecular complexity index is 1790. The number of ether oxygens (including phenoxy) is 1. The summed E-state index contributed by atoms with van der Waals surface area (Å²) in [7, 11) is -2.84. The van der Waals surface area contributed by atoms with Gasteiger partial charge >= 0.3 is 0 Å². The number of nitrogens with zero attached hydrogens (tertiary/aromatic N) is 2. The molecule has 5 rings (SSSR count). The summed E-state index contributed by atoms with van der Waals surface area (Å²) >= 11 is 6.44. The summed E-state index contributed by atoms with van der Waals surface area (Å²) in [4.78, 5) is 30.2. The second-order valence-electron chi connectivity index (χ2n) is 11.8. The van der Waals surface area contributed by atoms with Crippen LogP contribution in [0.5, 0.6) is 5.75 Å². The minimum Gasteiger partial charge on any atom is -0.495 e. The maximum atomic E-state index is 14.6. The molecule has 2 amide bonds. The van der Waals surface area contributed by atoms with E-state index in [1.165, 1.54) is 54.5 Å². The summed E-state index contributed by atoms with van der Waals surface area (Å²) in [5.41, 5.74) is 1.55. The molecule has 1 aliphatic rings. The van der Waals surface area contributed by atoms with E-state index in [4.69, 9.17) is 16.3 Å². The van der Waals surface area contributed by atoms with Gasteiger partial charge in [-0.1, -0.05) is 91.5 Å². The Morgan fingerprint density at radius 3 is 2.17 bits per heavy atom. The van der Waals surface area contributed by atoms with Gasteiger partial charge in [-0.15, -0.1) is 0 Å². The average Bonchev–Trinajstić information content (AvgIpc) is 3.10. The van der Waals surface area contributed by atoms with Crippen LogP contribution in [0.4, 0.5) is 10.1 Å². The van der Waals surface area contributed by atoms with E-state index in [9.17, 15) is 22.4 Å². The van der Waals surface area contributed by atoms with Crippen molar-refractivity contribution in [3.05, 3.63) is 125 Å². The number of hydrogen-bond donors (Lipinski definition) is 1. The quantitative estimate of drug-likeness (QED) is 0.167. The lowest BCUT2D eigenvalue weighted by Gasteiger charge is -2.35. The summed E-state index contributed by atoms with van der Waals surface area (Å²) in [6.45, 7) is -0.694. The van der Waals surface area contributed by atoms with Gasteiger partial charge in [-0.25, -0.2) is 12.8 Å². The number of hydrogen-bond acceptors (Lipinski definition) is 5. The summed E-state index contributed by atoms with van der Waals surface area (Å²) in [5.74, 6) is -1.05. The summed E-state index contributed by atoms with van der Waals surface area (Å²) in [5, 5.41) is 3.33. The minimum atomic E-state index is -4.29. The molecule has 1 fully saturated rings. The predicted molar refractivity (Wildman–Crippen MR) is 185 cm³/mol. The molecular formula is C37H39ClFN3O5S. The number of carbonyl (C=O) groups excluding carboxylic acids is 2. The van der Waals surface area contributed by atoms with Gasteiger partial charge in [-0.3, -0.25) is 13.9 Å². The second kappa shape index (κ2) is 16.1. The number of sulfonamides is 1. The van der Waals surface area contributed by atoms with E-state index in [0.717, 1.165) is 42.0 Å². The maximum Gasteiger partial charge on any atom is 0.264 e. The SMILES string of the molecule is COc1ccc(N(CC(=O)N(Cc2ccc(F)cc2)[C@H](Cc2ccccc2)C(=O)NC2CCCCC2)S(=O)(=O)c2ccccc2)cc1Cl. The van der Waals surface area contributed by atoms with Crippen molar-refractivity contribution in [2.75, 3.05) is 18.0 Å². The van der Waals surface area contributed by atoms with Crippen LogP contribution in [-0.2, 0) is 32.6 Å². The third-order valence-electron chi connectivity index (χ3n) is 8.52. The Hall–Kier alpha value is -4.41. The van der Waals surface area contributed by atoms with Crippen LogP contribution in [0.2, 0.25) is 5.02 Å². The number of nitrogens with one attached hydrogen (secondary N) is 1. The number of carbonyl (C=O) groups is 2. The van der Waals surface area contributed by atoms with Crippen LogP contribution in [0.1, 0.15) is 43.2 Å². The van der Waals surface area contributed by atoms with Gasteiger partial charge in [-0.2, -0.15) is 0 Å².